The Morgan fingerprint density at radius 1 is 1.05 bits per heavy atom. The van der Waals surface area contributed by atoms with Gasteiger partial charge >= 0.3 is 17.8 Å². The lowest BCUT2D eigenvalue weighted by molar-refractivity contribution is -0.136. The van der Waals surface area contributed by atoms with Crippen molar-refractivity contribution in [2.45, 2.75) is 38.1 Å². The summed E-state index contributed by atoms with van der Waals surface area (Å²) in [5.41, 5.74) is 0.474. The Hall–Kier alpha value is -2.37. The van der Waals surface area contributed by atoms with Gasteiger partial charge in [-0.15, -0.1) is 0 Å². The van der Waals surface area contributed by atoms with Gasteiger partial charge in [-0.05, 0) is 25.0 Å². The van der Waals surface area contributed by atoms with Crippen molar-refractivity contribution >= 4 is 23.5 Å². The Morgan fingerprint density at radius 3 is 2.41 bits per heavy atom. The highest BCUT2D eigenvalue weighted by molar-refractivity contribution is 6.40. The highest BCUT2D eigenvalue weighted by Crippen LogP contribution is 2.18. The van der Waals surface area contributed by atoms with Crippen LogP contribution in [0.4, 0.5) is 5.69 Å². The Balaban J connectivity index is 1.99. The molecule has 0 aliphatic heterocycles. The summed E-state index contributed by atoms with van der Waals surface area (Å²) >= 11 is 0. The summed E-state index contributed by atoms with van der Waals surface area (Å²) in [6.45, 7) is 0. The first-order valence-corrected chi connectivity index (χ1v) is 7.41. The first-order valence-electron chi connectivity index (χ1n) is 7.41. The van der Waals surface area contributed by atoms with Crippen LogP contribution in [0.1, 0.15) is 42.5 Å². The van der Waals surface area contributed by atoms with Gasteiger partial charge in [0.25, 0.3) is 0 Å². The van der Waals surface area contributed by atoms with Crippen molar-refractivity contribution in [3.8, 4) is 0 Å². The van der Waals surface area contributed by atoms with Gasteiger partial charge in [0.05, 0.1) is 18.4 Å². The number of esters is 1. The predicted molar refractivity (Wildman–Crippen MR) is 81.4 cm³/mol. The molecule has 1 aliphatic rings. The maximum absolute atomic E-state index is 12.0. The Morgan fingerprint density at radius 2 is 1.73 bits per heavy atom. The Kier molecular flexibility index (Phi) is 5.52. The van der Waals surface area contributed by atoms with Crippen LogP contribution in [-0.4, -0.2) is 30.9 Å². The second kappa shape index (κ2) is 7.59. The molecule has 6 heteroatoms. The van der Waals surface area contributed by atoms with Gasteiger partial charge in [-0.3, -0.25) is 9.59 Å². The molecule has 2 amide bonds. The third-order valence-electron chi connectivity index (χ3n) is 3.73. The van der Waals surface area contributed by atoms with Crippen LogP contribution in [0.25, 0.3) is 0 Å². The molecule has 0 aromatic heterocycles. The van der Waals surface area contributed by atoms with E-state index < -0.39 is 17.8 Å². The summed E-state index contributed by atoms with van der Waals surface area (Å²) in [7, 11) is 1.26. The molecule has 1 aromatic rings. The number of amides is 2. The largest absolute Gasteiger partial charge is 0.465 e. The average Bonchev–Trinajstić information content (AvgIpc) is 2.55. The zero-order chi connectivity index (χ0) is 15.9. The van der Waals surface area contributed by atoms with Crippen molar-refractivity contribution in [1.29, 1.82) is 0 Å². The third kappa shape index (κ3) is 4.07. The summed E-state index contributed by atoms with van der Waals surface area (Å²) in [5, 5.41) is 5.20. The number of anilines is 1. The molecule has 0 bridgehead atoms. The molecule has 6 nitrogen and oxygen atoms in total. The van der Waals surface area contributed by atoms with E-state index in [1.54, 1.807) is 18.2 Å². The quantitative estimate of drug-likeness (QED) is 0.659. The fraction of sp³-hybridized carbons (Fsp3) is 0.438. The minimum Gasteiger partial charge on any atom is -0.465 e. The van der Waals surface area contributed by atoms with Crippen LogP contribution in [0.5, 0.6) is 0 Å². The van der Waals surface area contributed by atoms with Crippen molar-refractivity contribution in [3.05, 3.63) is 29.8 Å². The van der Waals surface area contributed by atoms with E-state index in [9.17, 15) is 14.4 Å². The number of carbonyl (C=O) groups is 3. The van der Waals surface area contributed by atoms with Gasteiger partial charge in [-0.1, -0.05) is 31.4 Å². The number of hydrogen-bond donors (Lipinski definition) is 2. The van der Waals surface area contributed by atoms with Gasteiger partial charge in [0.1, 0.15) is 0 Å². The number of benzene rings is 1. The molecule has 0 heterocycles. The predicted octanol–water partition coefficient (Wildman–Crippen LogP) is 1.86. The molecule has 118 valence electrons. The van der Waals surface area contributed by atoms with Crippen molar-refractivity contribution < 1.29 is 19.1 Å². The molecular weight excluding hydrogens is 284 g/mol. The van der Waals surface area contributed by atoms with E-state index in [-0.39, 0.29) is 17.3 Å². The van der Waals surface area contributed by atoms with Crippen LogP contribution in [0.3, 0.4) is 0 Å². The van der Waals surface area contributed by atoms with Crippen molar-refractivity contribution in [2.24, 2.45) is 0 Å². The zero-order valence-electron chi connectivity index (χ0n) is 12.6. The fourth-order valence-electron chi connectivity index (χ4n) is 2.56. The molecule has 0 radical (unpaired) electrons. The van der Waals surface area contributed by atoms with Crippen LogP contribution >= 0.6 is 0 Å². The number of carbonyl (C=O) groups excluding carboxylic acids is 3. The topological polar surface area (TPSA) is 84.5 Å². The van der Waals surface area contributed by atoms with Gasteiger partial charge in [0, 0.05) is 6.04 Å². The van der Waals surface area contributed by atoms with E-state index in [1.807, 2.05) is 0 Å². The summed E-state index contributed by atoms with van der Waals surface area (Å²) in [5.74, 6) is -2.02. The van der Waals surface area contributed by atoms with Gasteiger partial charge in [-0.25, -0.2) is 4.79 Å². The lowest BCUT2D eigenvalue weighted by Crippen LogP contribution is -2.42. The third-order valence-corrected chi connectivity index (χ3v) is 3.73. The molecule has 1 saturated carbocycles. The molecular formula is C16H20N2O4. The Bertz CT molecular complexity index is 565. The number of methoxy groups -OCH3 is 1. The van der Waals surface area contributed by atoms with E-state index in [2.05, 4.69) is 15.4 Å². The molecule has 2 rings (SSSR count). The fourth-order valence-corrected chi connectivity index (χ4v) is 2.56. The summed E-state index contributed by atoms with van der Waals surface area (Å²) < 4.78 is 4.65. The molecule has 2 N–H and O–H groups in total. The minimum atomic E-state index is -0.776. The number of ether oxygens (including phenoxy) is 1. The normalized spacial score (nSPS) is 15.0. The van der Waals surface area contributed by atoms with E-state index >= 15 is 0 Å². The summed E-state index contributed by atoms with van der Waals surface area (Å²) in [4.78, 5) is 35.5. The van der Waals surface area contributed by atoms with E-state index in [0.717, 1.165) is 25.7 Å². The Labute approximate surface area is 129 Å². The second-order valence-electron chi connectivity index (χ2n) is 5.30. The zero-order valence-corrected chi connectivity index (χ0v) is 12.6. The van der Waals surface area contributed by atoms with Crippen molar-refractivity contribution in [3.63, 3.8) is 0 Å². The molecule has 1 aromatic carbocycles. The summed E-state index contributed by atoms with van der Waals surface area (Å²) in [6, 6.07) is 6.46. The molecule has 22 heavy (non-hydrogen) atoms. The molecule has 0 unspecified atom stereocenters. The molecule has 0 spiro atoms. The number of para-hydroxylation sites is 1. The van der Waals surface area contributed by atoms with Gasteiger partial charge in [0.15, 0.2) is 0 Å². The van der Waals surface area contributed by atoms with Crippen LogP contribution in [-0.2, 0) is 14.3 Å². The van der Waals surface area contributed by atoms with Gasteiger partial charge in [0.2, 0.25) is 0 Å². The maximum atomic E-state index is 12.0. The number of rotatable bonds is 3. The first-order chi connectivity index (χ1) is 10.6. The molecule has 1 fully saturated rings. The number of nitrogens with one attached hydrogen (secondary N) is 2. The standard InChI is InChI=1S/C16H20N2O4/c1-22-16(21)12-9-5-6-10-13(12)18-15(20)14(19)17-11-7-3-2-4-8-11/h5-6,9-11H,2-4,7-8H2,1H3,(H,17,19)(H,18,20). The molecule has 1 aliphatic carbocycles. The van der Waals surface area contributed by atoms with Gasteiger partial charge < -0.3 is 15.4 Å². The lowest BCUT2D eigenvalue weighted by Gasteiger charge is -2.22. The maximum Gasteiger partial charge on any atom is 0.339 e. The van der Waals surface area contributed by atoms with E-state index in [0.29, 0.717) is 0 Å². The number of hydrogen-bond acceptors (Lipinski definition) is 4. The van der Waals surface area contributed by atoms with Crippen LogP contribution in [0, 0.1) is 0 Å². The highest BCUT2D eigenvalue weighted by Gasteiger charge is 2.22. The van der Waals surface area contributed by atoms with Crippen LogP contribution < -0.4 is 10.6 Å². The second-order valence-corrected chi connectivity index (χ2v) is 5.30. The SMILES string of the molecule is COC(=O)c1ccccc1NC(=O)C(=O)NC1CCCCC1. The van der Waals surface area contributed by atoms with Crippen LogP contribution in [0.15, 0.2) is 24.3 Å². The highest BCUT2D eigenvalue weighted by atomic mass is 16.5. The van der Waals surface area contributed by atoms with Gasteiger partial charge in [-0.2, -0.15) is 0 Å². The lowest BCUT2D eigenvalue weighted by atomic mass is 9.95. The van der Waals surface area contributed by atoms with Crippen molar-refractivity contribution in [2.75, 3.05) is 12.4 Å². The average molecular weight is 304 g/mol. The molecule has 0 atom stereocenters. The van der Waals surface area contributed by atoms with E-state index in [1.165, 1.54) is 19.6 Å². The monoisotopic (exact) mass is 304 g/mol. The molecule has 0 saturated heterocycles. The minimum absolute atomic E-state index is 0.0582. The van der Waals surface area contributed by atoms with E-state index in [4.69, 9.17) is 0 Å². The smallest absolute Gasteiger partial charge is 0.339 e. The van der Waals surface area contributed by atoms with Crippen molar-refractivity contribution in [1.82, 2.24) is 5.32 Å². The van der Waals surface area contributed by atoms with Crippen LogP contribution in [0.2, 0.25) is 0 Å². The summed E-state index contributed by atoms with van der Waals surface area (Å²) in [6.07, 6.45) is 5.11. The first kappa shape index (κ1) is 16.0.